The Balaban J connectivity index is 1.35. The van der Waals surface area contributed by atoms with Crippen LogP contribution in [0.25, 0.3) is 0 Å². The molecule has 2 amide bonds. The number of amides is 2. The van der Waals surface area contributed by atoms with Gasteiger partial charge in [0.25, 0.3) is 5.91 Å². The third kappa shape index (κ3) is 6.21. The highest BCUT2D eigenvalue weighted by molar-refractivity contribution is 6.32. The molecule has 154 valence electrons. The smallest absolute Gasteiger partial charge is 0.251 e. The summed E-state index contributed by atoms with van der Waals surface area (Å²) < 4.78 is 5.73. The molecule has 1 fully saturated rings. The molecule has 6 nitrogen and oxygen atoms in total. The number of rotatable bonds is 7. The van der Waals surface area contributed by atoms with Crippen LogP contribution in [0.2, 0.25) is 5.02 Å². The molecule has 0 saturated carbocycles. The second-order valence-electron chi connectivity index (χ2n) is 7.05. The van der Waals surface area contributed by atoms with Crippen LogP contribution in [0.5, 0.6) is 5.75 Å². The van der Waals surface area contributed by atoms with Crippen molar-refractivity contribution in [1.82, 2.24) is 15.1 Å². The van der Waals surface area contributed by atoms with Crippen LogP contribution < -0.4 is 10.1 Å². The highest BCUT2D eigenvalue weighted by Gasteiger charge is 2.21. The number of carbonyl (C=O) groups is 2. The summed E-state index contributed by atoms with van der Waals surface area (Å²) in [6.45, 7) is 6.15. The van der Waals surface area contributed by atoms with E-state index in [-0.39, 0.29) is 18.4 Å². The first-order valence-electron chi connectivity index (χ1n) is 9.75. The van der Waals surface area contributed by atoms with Crippen LogP contribution in [0, 0.1) is 6.92 Å². The monoisotopic (exact) mass is 415 g/mol. The zero-order chi connectivity index (χ0) is 20.6. The van der Waals surface area contributed by atoms with Crippen molar-refractivity contribution in [2.75, 3.05) is 45.9 Å². The first kappa shape index (κ1) is 21.1. The van der Waals surface area contributed by atoms with Gasteiger partial charge < -0.3 is 15.0 Å². The highest BCUT2D eigenvalue weighted by Crippen LogP contribution is 2.22. The van der Waals surface area contributed by atoms with Gasteiger partial charge in [0.2, 0.25) is 5.91 Å². The number of benzene rings is 2. The standard InChI is InChI=1S/C22H26ClN3O3/c1-17-6-8-18(9-7-17)22(28)24-16-21(27)26-12-10-25(11-13-26)14-15-29-20-5-3-2-4-19(20)23/h2-9H,10-16H2,1H3,(H,24,28). The number of hydrogen-bond acceptors (Lipinski definition) is 4. The van der Waals surface area contributed by atoms with Crippen LogP contribution in [0.15, 0.2) is 48.5 Å². The molecule has 3 rings (SSSR count). The minimum Gasteiger partial charge on any atom is -0.491 e. The van der Waals surface area contributed by atoms with Crippen LogP contribution in [0.3, 0.4) is 0 Å². The van der Waals surface area contributed by atoms with E-state index < -0.39 is 0 Å². The van der Waals surface area contributed by atoms with Gasteiger partial charge in [0, 0.05) is 38.3 Å². The molecule has 0 radical (unpaired) electrons. The molecule has 1 N–H and O–H groups in total. The minimum absolute atomic E-state index is 0.0162. The summed E-state index contributed by atoms with van der Waals surface area (Å²) in [6.07, 6.45) is 0. The molecule has 1 saturated heterocycles. The molecule has 29 heavy (non-hydrogen) atoms. The van der Waals surface area contributed by atoms with Gasteiger partial charge in [-0.15, -0.1) is 0 Å². The molecule has 0 unspecified atom stereocenters. The van der Waals surface area contributed by atoms with Crippen molar-refractivity contribution < 1.29 is 14.3 Å². The molecule has 2 aromatic carbocycles. The largest absolute Gasteiger partial charge is 0.491 e. The predicted octanol–water partition coefficient (Wildman–Crippen LogP) is 2.60. The van der Waals surface area contributed by atoms with Gasteiger partial charge in [0.15, 0.2) is 0 Å². The molecule has 1 aliphatic heterocycles. The van der Waals surface area contributed by atoms with Crippen molar-refractivity contribution in [1.29, 1.82) is 0 Å². The van der Waals surface area contributed by atoms with Crippen molar-refractivity contribution in [3.05, 3.63) is 64.7 Å². The molecule has 0 aromatic heterocycles. The third-order valence-electron chi connectivity index (χ3n) is 4.94. The molecule has 2 aromatic rings. The average Bonchev–Trinajstić information content (AvgIpc) is 2.74. The van der Waals surface area contributed by atoms with E-state index in [0.717, 1.165) is 25.2 Å². The van der Waals surface area contributed by atoms with Crippen LogP contribution >= 0.6 is 11.6 Å². The van der Waals surface area contributed by atoms with E-state index in [0.29, 0.717) is 36.0 Å². The molecule has 7 heteroatoms. The van der Waals surface area contributed by atoms with Crippen LogP contribution in [0.1, 0.15) is 15.9 Å². The highest BCUT2D eigenvalue weighted by atomic mass is 35.5. The number of piperazine rings is 1. The Morgan fingerprint density at radius 1 is 1.03 bits per heavy atom. The summed E-state index contributed by atoms with van der Waals surface area (Å²) in [5.74, 6) is 0.401. The molecule has 1 heterocycles. The zero-order valence-electron chi connectivity index (χ0n) is 16.6. The summed E-state index contributed by atoms with van der Waals surface area (Å²) in [5, 5.41) is 3.32. The average molecular weight is 416 g/mol. The molecule has 0 spiro atoms. The Bertz CT molecular complexity index is 833. The molecule has 0 aliphatic carbocycles. The van der Waals surface area contributed by atoms with Gasteiger partial charge >= 0.3 is 0 Å². The number of ether oxygens (including phenoxy) is 1. The van der Waals surface area contributed by atoms with Gasteiger partial charge in [-0.3, -0.25) is 14.5 Å². The van der Waals surface area contributed by atoms with E-state index >= 15 is 0 Å². The summed E-state index contributed by atoms with van der Waals surface area (Å²) in [7, 11) is 0. The molecular formula is C22H26ClN3O3. The lowest BCUT2D eigenvalue weighted by Gasteiger charge is -2.34. The lowest BCUT2D eigenvalue weighted by atomic mass is 10.1. The maximum Gasteiger partial charge on any atom is 0.251 e. The number of nitrogens with zero attached hydrogens (tertiary/aromatic N) is 2. The van der Waals surface area contributed by atoms with Crippen molar-refractivity contribution in [3.8, 4) is 5.75 Å². The fourth-order valence-electron chi connectivity index (χ4n) is 3.14. The summed E-state index contributed by atoms with van der Waals surface area (Å²) >= 11 is 6.08. The van der Waals surface area contributed by atoms with E-state index in [1.54, 1.807) is 23.1 Å². The fourth-order valence-corrected chi connectivity index (χ4v) is 3.33. The lowest BCUT2D eigenvalue weighted by molar-refractivity contribution is -0.131. The number of carbonyl (C=O) groups excluding carboxylic acids is 2. The van der Waals surface area contributed by atoms with Gasteiger partial charge in [-0.2, -0.15) is 0 Å². The quantitative estimate of drug-likeness (QED) is 0.755. The predicted molar refractivity (Wildman–Crippen MR) is 113 cm³/mol. The summed E-state index contributed by atoms with van der Waals surface area (Å²) in [5.41, 5.74) is 1.65. The van der Waals surface area contributed by atoms with Crippen molar-refractivity contribution >= 4 is 23.4 Å². The Labute approximate surface area is 176 Å². The minimum atomic E-state index is -0.228. The van der Waals surface area contributed by atoms with Gasteiger partial charge in [-0.25, -0.2) is 0 Å². The van der Waals surface area contributed by atoms with Crippen molar-refractivity contribution in [3.63, 3.8) is 0 Å². The molecular weight excluding hydrogens is 390 g/mol. The number of hydrogen-bond donors (Lipinski definition) is 1. The Morgan fingerprint density at radius 2 is 1.72 bits per heavy atom. The van der Waals surface area contributed by atoms with E-state index in [1.165, 1.54) is 0 Å². The first-order chi connectivity index (χ1) is 14.0. The second kappa shape index (κ2) is 10.3. The van der Waals surface area contributed by atoms with Crippen molar-refractivity contribution in [2.45, 2.75) is 6.92 Å². The second-order valence-corrected chi connectivity index (χ2v) is 7.46. The number of nitrogens with one attached hydrogen (secondary N) is 1. The van der Waals surface area contributed by atoms with E-state index in [9.17, 15) is 9.59 Å². The van der Waals surface area contributed by atoms with E-state index in [1.807, 2.05) is 37.3 Å². The lowest BCUT2D eigenvalue weighted by Crippen LogP contribution is -2.51. The maximum atomic E-state index is 12.4. The Morgan fingerprint density at radius 3 is 2.41 bits per heavy atom. The van der Waals surface area contributed by atoms with E-state index in [2.05, 4.69) is 10.2 Å². The van der Waals surface area contributed by atoms with Crippen LogP contribution in [-0.2, 0) is 4.79 Å². The topological polar surface area (TPSA) is 61.9 Å². The zero-order valence-corrected chi connectivity index (χ0v) is 17.3. The van der Waals surface area contributed by atoms with Gasteiger partial charge in [-0.05, 0) is 31.2 Å². The molecule has 0 atom stereocenters. The Hall–Kier alpha value is -2.57. The third-order valence-corrected chi connectivity index (χ3v) is 5.25. The van der Waals surface area contributed by atoms with Crippen LogP contribution in [-0.4, -0.2) is 67.5 Å². The fraction of sp³-hybridized carbons (Fsp3) is 0.364. The normalized spacial score (nSPS) is 14.5. The molecule has 0 bridgehead atoms. The SMILES string of the molecule is Cc1ccc(C(=O)NCC(=O)N2CCN(CCOc3ccccc3Cl)CC2)cc1. The summed E-state index contributed by atoms with van der Waals surface area (Å²) in [6, 6.07) is 14.7. The van der Waals surface area contributed by atoms with Gasteiger partial charge in [-0.1, -0.05) is 41.4 Å². The number of halogens is 1. The summed E-state index contributed by atoms with van der Waals surface area (Å²) in [4.78, 5) is 28.6. The van der Waals surface area contributed by atoms with Crippen molar-refractivity contribution in [2.24, 2.45) is 0 Å². The first-order valence-corrected chi connectivity index (χ1v) is 10.1. The van der Waals surface area contributed by atoms with Crippen LogP contribution in [0.4, 0.5) is 0 Å². The van der Waals surface area contributed by atoms with E-state index in [4.69, 9.17) is 16.3 Å². The maximum absolute atomic E-state index is 12.4. The van der Waals surface area contributed by atoms with Gasteiger partial charge in [0.05, 0.1) is 11.6 Å². The molecule has 1 aliphatic rings. The van der Waals surface area contributed by atoms with Gasteiger partial charge in [0.1, 0.15) is 12.4 Å². The Kier molecular flexibility index (Phi) is 7.49. The number of aryl methyl sites for hydroxylation is 1. The number of para-hydroxylation sites is 1.